The Bertz CT molecular complexity index is 530. The first-order chi connectivity index (χ1) is 12.1. The molecule has 2 rings (SSSR count). The molecule has 1 aliphatic heterocycles. The third-order valence-electron chi connectivity index (χ3n) is 4.40. The second kappa shape index (κ2) is 10.3. The van der Waals surface area contributed by atoms with Crippen molar-refractivity contribution < 1.29 is 14.3 Å². The first-order valence-electron chi connectivity index (χ1n) is 9.09. The Kier molecular flexibility index (Phi) is 8.01. The molecule has 1 aromatic carbocycles. The van der Waals surface area contributed by atoms with Crippen LogP contribution in [0.15, 0.2) is 24.3 Å². The summed E-state index contributed by atoms with van der Waals surface area (Å²) in [7, 11) is 0. The topological polar surface area (TPSA) is 62.8 Å². The Labute approximate surface area is 150 Å². The standard InChI is InChI=1S/C19H31N3O3/c1-15(2)18(22-8-11-24-12-9-22)14-21-19(23)20-7-10-25-17-6-4-5-16(3)13-17/h4-6,13,15,18H,7-12,14H2,1-3H3,(H2,20,21,23). The molecule has 0 bridgehead atoms. The Balaban J connectivity index is 1.65. The highest BCUT2D eigenvalue weighted by molar-refractivity contribution is 5.73. The van der Waals surface area contributed by atoms with Gasteiger partial charge in [-0.3, -0.25) is 4.90 Å². The number of rotatable bonds is 8. The van der Waals surface area contributed by atoms with Crippen molar-refractivity contribution in [2.24, 2.45) is 5.92 Å². The zero-order valence-electron chi connectivity index (χ0n) is 15.6. The molecule has 1 unspecified atom stereocenters. The average Bonchev–Trinajstić information content (AvgIpc) is 2.60. The molecule has 0 aliphatic carbocycles. The summed E-state index contributed by atoms with van der Waals surface area (Å²) in [5, 5.41) is 5.83. The van der Waals surface area contributed by atoms with E-state index >= 15 is 0 Å². The van der Waals surface area contributed by atoms with E-state index in [1.165, 1.54) is 0 Å². The number of carbonyl (C=O) groups is 1. The number of urea groups is 1. The van der Waals surface area contributed by atoms with E-state index in [2.05, 4.69) is 29.4 Å². The third kappa shape index (κ3) is 6.92. The van der Waals surface area contributed by atoms with E-state index in [0.717, 1.165) is 37.6 Å². The highest BCUT2D eigenvalue weighted by Crippen LogP contribution is 2.12. The van der Waals surface area contributed by atoms with Crippen LogP contribution in [0.1, 0.15) is 19.4 Å². The van der Waals surface area contributed by atoms with Gasteiger partial charge in [-0.05, 0) is 30.5 Å². The number of carbonyl (C=O) groups excluding carboxylic acids is 1. The Morgan fingerprint density at radius 2 is 2.04 bits per heavy atom. The fourth-order valence-corrected chi connectivity index (χ4v) is 2.99. The maximum absolute atomic E-state index is 12.0. The van der Waals surface area contributed by atoms with E-state index in [9.17, 15) is 4.79 Å². The maximum atomic E-state index is 12.0. The molecule has 6 heteroatoms. The summed E-state index contributed by atoms with van der Waals surface area (Å²) in [6.45, 7) is 11.4. The monoisotopic (exact) mass is 349 g/mol. The number of hydrogen-bond donors (Lipinski definition) is 2. The van der Waals surface area contributed by atoms with Gasteiger partial charge in [-0.2, -0.15) is 0 Å². The van der Waals surface area contributed by atoms with Crippen LogP contribution in [0, 0.1) is 12.8 Å². The summed E-state index contributed by atoms with van der Waals surface area (Å²) in [6.07, 6.45) is 0. The normalized spacial score (nSPS) is 16.5. The fraction of sp³-hybridized carbons (Fsp3) is 0.632. The van der Waals surface area contributed by atoms with Crippen molar-refractivity contribution in [1.29, 1.82) is 0 Å². The minimum atomic E-state index is -0.147. The van der Waals surface area contributed by atoms with E-state index < -0.39 is 0 Å². The minimum absolute atomic E-state index is 0.147. The van der Waals surface area contributed by atoms with Crippen LogP contribution >= 0.6 is 0 Å². The summed E-state index contributed by atoms with van der Waals surface area (Å²) in [6, 6.07) is 8.07. The average molecular weight is 349 g/mol. The second-order valence-electron chi connectivity index (χ2n) is 6.76. The number of ether oxygens (including phenoxy) is 2. The van der Waals surface area contributed by atoms with Crippen LogP contribution in [0.5, 0.6) is 5.75 Å². The van der Waals surface area contributed by atoms with Crippen molar-refractivity contribution >= 4 is 6.03 Å². The molecular formula is C19H31N3O3. The zero-order valence-corrected chi connectivity index (χ0v) is 15.6. The number of amides is 2. The lowest BCUT2D eigenvalue weighted by Crippen LogP contribution is -2.52. The van der Waals surface area contributed by atoms with Crippen molar-refractivity contribution in [2.75, 3.05) is 46.0 Å². The predicted octanol–water partition coefficient (Wildman–Crippen LogP) is 2.03. The van der Waals surface area contributed by atoms with Gasteiger partial charge < -0.3 is 20.1 Å². The first kappa shape index (κ1) is 19.5. The quantitative estimate of drug-likeness (QED) is 0.705. The molecule has 140 valence electrons. The van der Waals surface area contributed by atoms with Crippen LogP contribution in [0.3, 0.4) is 0 Å². The van der Waals surface area contributed by atoms with Gasteiger partial charge in [0.1, 0.15) is 12.4 Å². The van der Waals surface area contributed by atoms with Crippen LogP contribution in [0.25, 0.3) is 0 Å². The second-order valence-corrected chi connectivity index (χ2v) is 6.76. The lowest BCUT2D eigenvalue weighted by Gasteiger charge is -2.36. The number of aryl methyl sites for hydroxylation is 1. The van der Waals surface area contributed by atoms with E-state index in [4.69, 9.17) is 9.47 Å². The SMILES string of the molecule is Cc1cccc(OCCNC(=O)NCC(C(C)C)N2CCOCC2)c1. The molecule has 1 fully saturated rings. The molecule has 1 atom stereocenters. The molecule has 1 saturated heterocycles. The van der Waals surface area contributed by atoms with Crippen molar-refractivity contribution in [2.45, 2.75) is 26.8 Å². The zero-order chi connectivity index (χ0) is 18.1. The van der Waals surface area contributed by atoms with Gasteiger partial charge in [0.25, 0.3) is 0 Å². The van der Waals surface area contributed by atoms with Gasteiger partial charge in [0.05, 0.1) is 19.8 Å². The molecule has 25 heavy (non-hydrogen) atoms. The number of nitrogens with zero attached hydrogens (tertiary/aromatic N) is 1. The van der Waals surface area contributed by atoms with Crippen molar-refractivity contribution in [3.05, 3.63) is 29.8 Å². The smallest absolute Gasteiger partial charge is 0.314 e. The van der Waals surface area contributed by atoms with Gasteiger partial charge in [0, 0.05) is 25.7 Å². The van der Waals surface area contributed by atoms with Gasteiger partial charge in [0.2, 0.25) is 0 Å². The molecule has 2 amide bonds. The summed E-state index contributed by atoms with van der Waals surface area (Å²) in [4.78, 5) is 14.4. The van der Waals surface area contributed by atoms with E-state index in [-0.39, 0.29) is 6.03 Å². The molecule has 1 aliphatic rings. The lowest BCUT2D eigenvalue weighted by molar-refractivity contribution is 0.00719. The summed E-state index contributed by atoms with van der Waals surface area (Å²) in [5.74, 6) is 1.30. The Morgan fingerprint density at radius 1 is 1.28 bits per heavy atom. The molecule has 0 spiro atoms. The van der Waals surface area contributed by atoms with Crippen LogP contribution in [-0.4, -0.2) is 63.0 Å². The van der Waals surface area contributed by atoms with Crippen molar-refractivity contribution in [1.82, 2.24) is 15.5 Å². The highest BCUT2D eigenvalue weighted by Gasteiger charge is 2.24. The third-order valence-corrected chi connectivity index (χ3v) is 4.40. The maximum Gasteiger partial charge on any atom is 0.314 e. The molecule has 1 aromatic rings. The molecule has 2 N–H and O–H groups in total. The summed E-state index contributed by atoms with van der Waals surface area (Å²) < 4.78 is 11.0. The summed E-state index contributed by atoms with van der Waals surface area (Å²) in [5.41, 5.74) is 1.16. The van der Waals surface area contributed by atoms with Crippen LogP contribution < -0.4 is 15.4 Å². The first-order valence-corrected chi connectivity index (χ1v) is 9.09. The van der Waals surface area contributed by atoms with Crippen molar-refractivity contribution in [3.8, 4) is 5.75 Å². The molecule has 0 saturated carbocycles. The van der Waals surface area contributed by atoms with Gasteiger partial charge in [-0.15, -0.1) is 0 Å². The van der Waals surface area contributed by atoms with Gasteiger partial charge in [-0.1, -0.05) is 26.0 Å². The number of benzene rings is 1. The van der Waals surface area contributed by atoms with Crippen molar-refractivity contribution in [3.63, 3.8) is 0 Å². The minimum Gasteiger partial charge on any atom is -0.492 e. The molecule has 1 heterocycles. The van der Waals surface area contributed by atoms with E-state index in [1.54, 1.807) is 0 Å². The molecule has 6 nitrogen and oxygen atoms in total. The molecule has 0 aromatic heterocycles. The Morgan fingerprint density at radius 3 is 2.72 bits per heavy atom. The summed E-state index contributed by atoms with van der Waals surface area (Å²) >= 11 is 0. The lowest BCUT2D eigenvalue weighted by atomic mass is 10.0. The Hall–Kier alpha value is -1.79. The van der Waals surface area contributed by atoms with Crippen LogP contribution in [0.2, 0.25) is 0 Å². The predicted molar refractivity (Wildman–Crippen MR) is 99.1 cm³/mol. The highest BCUT2D eigenvalue weighted by atomic mass is 16.5. The van der Waals surface area contributed by atoms with E-state index in [0.29, 0.717) is 31.7 Å². The van der Waals surface area contributed by atoms with Gasteiger partial charge in [-0.25, -0.2) is 4.79 Å². The van der Waals surface area contributed by atoms with Gasteiger partial charge >= 0.3 is 6.03 Å². The van der Waals surface area contributed by atoms with Crippen LogP contribution in [-0.2, 0) is 4.74 Å². The number of hydrogen-bond acceptors (Lipinski definition) is 4. The fourth-order valence-electron chi connectivity index (χ4n) is 2.99. The number of nitrogens with one attached hydrogen (secondary N) is 2. The van der Waals surface area contributed by atoms with Crippen LogP contribution in [0.4, 0.5) is 4.79 Å². The largest absolute Gasteiger partial charge is 0.492 e. The molecular weight excluding hydrogens is 318 g/mol. The molecule has 0 radical (unpaired) electrons. The van der Waals surface area contributed by atoms with Gasteiger partial charge in [0.15, 0.2) is 0 Å². The van der Waals surface area contributed by atoms with E-state index in [1.807, 2.05) is 31.2 Å². The number of morpholine rings is 1.